The molecule has 2 aromatic heterocycles. The molecule has 2 aliphatic rings. The Balaban J connectivity index is 0.00000210. The van der Waals surface area contributed by atoms with Crippen molar-refractivity contribution >= 4 is 23.8 Å². The molecule has 146 valence electrons. The first-order chi connectivity index (χ1) is 12.5. The molecule has 1 aliphatic heterocycles. The van der Waals surface area contributed by atoms with Crippen LogP contribution in [0.3, 0.4) is 0 Å². The van der Waals surface area contributed by atoms with Gasteiger partial charge in [-0.2, -0.15) is 13.2 Å². The summed E-state index contributed by atoms with van der Waals surface area (Å²) in [6, 6.07) is 4.85. The number of pyridine rings is 2. The third kappa shape index (κ3) is 4.35. The van der Waals surface area contributed by atoms with Crippen molar-refractivity contribution in [1.29, 1.82) is 0 Å². The van der Waals surface area contributed by atoms with Crippen LogP contribution in [0.5, 0.6) is 0 Å². The van der Waals surface area contributed by atoms with Crippen LogP contribution in [-0.4, -0.2) is 29.1 Å². The Morgan fingerprint density at radius 2 is 1.74 bits per heavy atom. The SMILES string of the molecule is Cl.FC(F)(F)c1ccc(N(c2cnccc2C2CC2)C2CCNCC2)cn1. The number of nitrogens with zero attached hydrogens (tertiary/aromatic N) is 3. The molecule has 0 spiro atoms. The van der Waals surface area contributed by atoms with Gasteiger partial charge in [0.25, 0.3) is 0 Å². The molecular weight excluding hydrogens is 377 g/mol. The van der Waals surface area contributed by atoms with Crippen molar-refractivity contribution in [2.45, 2.75) is 43.8 Å². The van der Waals surface area contributed by atoms with Gasteiger partial charge in [-0.25, -0.2) is 4.98 Å². The summed E-state index contributed by atoms with van der Waals surface area (Å²) in [6.07, 6.45) is 4.72. The summed E-state index contributed by atoms with van der Waals surface area (Å²) in [5.41, 5.74) is 2.07. The number of piperidine rings is 1. The van der Waals surface area contributed by atoms with Crippen LogP contribution in [0.25, 0.3) is 0 Å². The van der Waals surface area contributed by atoms with Crippen molar-refractivity contribution < 1.29 is 13.2 Å². The zero-order valence-corrected chi connectivity index (χ0v) is 15.6. The largest absolute Gasteiger partial charge is 0.433 e. The summed E-state index contributed by atoms with van der Waals surface area (Å²) >= 11 is 0. The predicted octanol–water partition coefficient (Wildman–Crippen LogP) is 4.68. The van der Waals surface area contributed by atoms with Gasteiger partial charge in [0.15, 0.2) is 0 Å². The molecule has 4 nitrogen and oxygen atoms in total. The minimum atomic E-state index is -4.43. The van der Waals surface area contributed by atoms with E-state index in [-0.39, 0.29) is 18.4 Å². The molecule has 1 N–H and O–H groups in total. The predicted molar refractivity (Wildman–Crippen MR) is 101 cm³/mol. The van der Waals surface area contributed by atoms with Crippen LogP contribution in [0.4, 0.5) is 24.5 Å². The van der Waals surface area contributed by atoms with E-state index in [9.17, 15) is 13.2 Å². The molecule has 0 amide bonds. The highest BCUT2D eigenvalue weighted by molar-refractivity contribution is 5.85. The van der Waals surface area contributed by atoms with E-state index >= 15 is 0 Å². The van der Waals surface area contributed by atoms with Crippen molar-refractivity contribution in [2.24, 2.45) is 0 Å². The lowest BCUT2D eigenvalue weighted by atomic mass is 10.0. The molecule has 0 unspecified atom stereocenters. The number of anilines is 2. The number of hydrogen-bond acceptors (Lipinski definition) is 4. The maximum atomic E-state index is 12.9. The van der Waals surface area contributed by atoms with Gasteiger partial charge >= 0.3 is 6.18 Å². The fourth-order valence-electron chi connectivity index (χ4n) is 3.65. The molecular formula is C19H22ClF3N4. The van der Waals surface area contributed by atoms with Crippen molar-refractivity contribution in [2.75, 3.05) is 18.0 Å². The summed E-state index contributed by atoms with van der Waals surface area (Å²) < 4.78 is 38.6. The second kappa shape index (κ2) is 8.02. The van der Waals surface area contributed by atoms with E-state index in [0.29, 0.717) is 11.6 Å². The number of rotatable bonds is 4. The highest BCUT2D eigenvalue weighted by Crippen LogP contribution is 2.46. The van der Waals surface area contributed by atoms with Gasteiger partial charge in [-0.15, -0.1) is 12.4 Å². The first-order valence-electron chi connectivity index (χ1n) is 9.01. The third-order valence-electron chi connectivity index (χ3n) is 5.10. The van der Waals surface area contributed by atoms with Crippen LogP contribution in [0, 0.1) is 0 Å². The summed E-state index contributed by atoms with van der Waals surface area (Å²) in [5, 5.41) is 3.34. The van der Waals surface area contributed by atoms with E-state index in [1.54, 1.807) is 6.20 Å². The average Bonchev–Trinajstić information content (AvgIpc) is 3.48. The topological polar surface area (TPSA) is 41.1 Å². The highest BCUT2D eigenvalue weighted by atomic mass is 35.5. The number of hydrogen-bond donors (Lipinski definition) is 1. The van der Waals surface area contributed by atoms with Crippen LogP contribution in [0.15, 0.2) is 36.8 Å². The van der Waals surface area contributed by atoms with Gasteiger partial charge in [0, 0.05) is 12.2 Å². The zero-order valence-electron chi connectivity index (χ0n) is 14.7. The van der Waals surface area contributed by atoms with Gasteiger partial charge in [0.05, 0.1) is 23.8 Å². The van der Waals surface area contributed by atoms with E-state index in [2.05, 4.69) is 20.2 Å². The highest BCUT2D eigenvalue weighted by Gasteiger charge is 2.34. The van der Waals surface area contributed by atoms with Gasteiger partial charge in [-0.05, 0) is 68.5 Å². The molecule has 27 heavy (non-hydrogen) atoms. The molecule has 0 atom stereocenters. The lowest BCUT2D eigenvalue weighted by Crippen LogP contribution is -2.41. The molecule has 0 aromatic carbocycles. The Bertz CT molecular complexity index is 756. The molecule has 8 heteroatoms. The molecule has 3 heterocycles. The molecule has 1 saturated heterocycles. The second-order valence-electron chi connectivity index (χ2n) is 6.96. The van der Waals surface area contributed by atoms with E-state index in [1.165, 1.54) is 17.8 Å². The molecule has 1 aliphatic carbocycles. The van der Waals surface area contributed by atoms with Crippen LogP contribution in [0.1, 0.15) is 42.9 Å². The summed E-state index contributed by atoms with van der Waals surface area (Å²) in [6.45, 7) is 1.79. The Kier molecular flexibility index (Phi) is 5.91. The molecule has 4 rings (SSSR count). The van der Waals surface area contributed by atoms with E-state index < -0.39 is 11.9 Å². The van der Waals surface area contributed by atoms with Gasteiger partial charge in [-0.1, -0.05) is 0 Å². The summed E-state index contributed by atoms with van der Waals surface area (Å²) in [4.78, 5) is 10.1. The maximum Gasteiger partial charge on any atom is 0.433 e. The van der Waals surface area contributed by atoms with Crippen LogP contribution >= 0.6 is 12.4 Å². The zero-order chi connectivity index (χ0) is 18.1. The summed E-state index contributed by atoms with van der Waals surface area (Å²) in [5.74, 6) is 0.527. The Morgan fingerprint density at radius 3 is 2.33 bits per heavy atom. The molecule has 0 radical (unpaired) electrons. The standard InChI is InChI=1S/C19H21F3N4.ClH/c20-19(21,22)18-4-3-15(11-25-18)26(14-5-8-23-9-6-14)17-12-24-10-7-16(17)13-1-2-13;/h3-4,7,10-14,23H,1-2,5-6,8-9H2;1H. The lowest BCUT2D eigenvalue weighted by Gasteiger charge is -2.37. The molecule has 2 fully saturated rings. The van der Waals surface area contributed by atoms with Crippen molar-refractivity contribution in [3.63, 3.8) is 0 Å². The smallest absolute Gasteiger partial charge is 0.336 e. The number of alkyl halides is 3. The molecule has 2 aromatic rings. The average molecular weight is 399 g/mol. The third-order valence-corrected chi connectivity index (χ3v) is 5.10. The first kappa shape index (κ1) is 19.9. The fraction of sp³-hybridized carbons (Fsp3) is 0.474. The lowest BCUT2D eigenvalue weighted by molar-refractivity contribution is -0.141. The van der Waals surface area contributed by atoms with Gasteiger partial charge in [0.2, 0.25) is 0 Å². The minimum absolute atomic E-state index is 0. The number of halogens is 4. The van der Waals surface area contributed by atoms with Crippen molar-refractivity contribution in [1.82, 2.24) is 15.3 Å². The van der Waals surface area contributed by atoms with Crippen LogP contribution in [0.2, 0.25) is 0 Å². The Morgan fingerprint density at radius 1 is 1.00 bits per heavy atom. The minimum Gasteiger partial charge on any atom is -0.336 e. The van der Waals surface area contributed by atoms with Gasteiger partial charge in [-0.3, -0.25) is 4.98 Å². The van der Waals surface area contributed by atoms with Gasteiger partial charge in [0.1, 0.15) is 5.69 Å². The first-order valence-corrected chi connectivity index (χ1v) is 9.01. The Labute approximate surface area is 162 Å². The monoisotopic (exact) mass is 398 g/mol. The number of nitrogens with one attached hydrogen (secondary N) is 1. The molecule has 0 bridgehead atoms. The van der Waals surface area contributed by atoms with Crippen molar-refractivity contribution in [3.05, 3.63) is 48.0 Å². The van der Waals surface area contributed by atoms with Gasteiger partial charge < -0.3 is 10.2 Å². The number of aromatic nitrogens is 2. The van der Waals surface area contributed by atoms with E-state index in [4.69, 9.17) is 0 Å². The second-order valence-corrected chi connectivity index (χ2v) is 6.96. The maximum absolute atomic E-state index is 12.9. The normalized spacial score (nSPS) is 18.0. The quantitative estimate of drug-likeness (QED) is 0.811. The summed E-state index contributed by atoms with van der Waals surface area (Å²) in [7, 11) is 0. The van der Waals surface area contributed by atoms with E-state index in [1.807, 2.05) is 12.3 Å². The van der Waals surface area contributed by atoms with E-state index in [0.717, 1.165) is 50.5 Å². The fourth-order valence-corrected chi connectivity index (χ4v) is 3.65. The molecule has 1 saturated carbocycles. The Hall–Kier alpha value is -1.86. The van der Waals surface area contributed by atoms with Crippen molar-refractivity contribution in [3.8, 4) is 0 Å². The van der Waals surface area contributed by atoms with Crippen LogP contribution in [-0.2, 0) is 6.18 Å². The van der Waals surface area contributed by atoms with Crippen LogP contribution < -0.4 is 10.2 Å².